The maximum Gasteiger partial charge on any atom is 0.259 e. The molecule has 0 saturated heterocycles. The Hall–Kier alpha value is -2.86. The fourth-order valence-corrected chi connectivity index (χ4v) is 5.38. The molecular formula is C25H26N4OS. The van der Waals surface area contributed by atoms with Crippen LogP contribution in [0.4, 0.5) is 0 Å². The maximum atomic E-state index is 14.1. The van der Waals surface area contributed by atoms with E-state index in [2.05, 4.69) is 71.8 Å². The van der Waals surface area contributed by atoms with Gasteiger partial charge in [-0.2, -0.15) is 0 Å². The summed E-state index contributed by atoms with van der Waals surface area (Å²) in [6.45, 7) is 6.99. The number of hydrogen-bond acceptors (Lipinski definition) is 4. The van der Waals surface area contributed by atoms with Crippen molar-refractivity contribution in [2.75, 3.05) is 5.75 Å². The quantitative estimate of drug-likeness (QED) is 0.421. The molecule has 2 aromatic carbocycles. The van der Waals surface area contributed by atoms with Gasteiger partial charge < -0.3 is 0 Å². The van der Waals surface area contributed by atoms with Crippen LogP contribution in [-0.4, -0.2) is 24.9 Å². The highest BCUT2D eigenvalue weighted by Gasteiger charge is 2.39. The molecule has 0 aliphatic heterocycles. The molecule has 31 heavy (non-hydrogen) atoms. The second-order valence-electron chi connectivity index (χ2n) is 8.40. The maximum absolute atomic E-state index is 14.1. The van der Waals surface area contributed by atoms with Crippen molar-refractivity contribution in [3.05, 3.63) is 81.6 Å². The predicted molar refractivity (Wildman–Crippen MR) is 126 cm³/mol. The Balaban J connectivity index is 1.91. The van der Waals surface area contributed by atoms with E-state index < -0.39 is 0 Å². The van der Waals surface area contributed by atoms with Crippen LogP contribution in [0.1, 0.15) is 43.9 Å². The zero-order valence-electron chi connectivity index (χ0n) is 18.1. The van der Waals surface area contributed by atoms with Crippen LogP contribution >= 0.6 is 11.8 Å². The third-order valence-corrected chi connectivity index (χ3v) is 7.28. The van der Waals surface area contributed by atoms with Gasteiger partial charge in [0.25, 0.3) is 5.56 Å². The molecule has 4 aromatic rings. The first kappa shape index (κ1) is 20.1. The van der Waals surface area contributed by atoms with E-state index >= 15 is 0 Å². The first-order valence-corrected chi connectivity index (χ1v) is 11.8. The van der Waals surface area contributed by atoms with Gasteiger partial charge in [0.2, 0.25) is 5.78 Å². The molecule has 0 spiro atoms. The Morgan fingerprint density at radius 2 is 1.77 bits per heavy atom. The number of thioether (sulfide) groups is 1. The van der Waals surface area contributed by atoms with Crippen LogP contribution in [0.5, 0.6) is 0 Å². The van der Waals surface area contributed by atoms with E-state index in [9.17, 15) is 4.79 Å². The van der Waals surface area contributed by atoms with Crippen molar-refractivity contribution < 1.29 is 0 Å². The lowest BCUT2D eigenvalue weighted by molar-refractivity contribution is 0.435. The standard InChI is InChI=1S/C25H26N4OS/c1-4-25(3)15-18-13-9-10-14-19(18)21-20(25)22(30)28(16-17-11-7-6-8-12-17)23-26-27-24(29(21)23)31-5-2/h6-14H,4-5,15-16H2,1-3H3/t25-/m0/s1. The monoisotopic (exact) mass is 430 g/mol. The van der Waals surface area contributed by atoms with Gasteiger partial charge in [0.05, 0.1) is 12.2 Å². The Bertz CT molecular complexity index is 1320. The summed E-state index contributed by atoms with van der Waals surface area (Å²) < 4.78 is 3.93. The SMILES string of the molecule is CCSc1nnc2n(Cc3ccccc3)c(=O)c3c(n12)-c1ccccc1C[C@]3(C)CC. The van der Waals surface area contributed by atoms with E-state index in [-0.39, 0.29) is 11.0 Å². The summed E-state index contributed by atoms with van der Waals surface area (Å²) >= 11 is 1.66. The van der Waals surface area contributed by atoms with Crippen molar-refractivity contribution in [1.82, 2.24) is 19.2 Å². The van der Waals surface area contributed by atoms with Gasteiger partial charge in [-0.1, -0.05) is 87.1 Å². The topological polar surface area (TPSA) is 52.2 Å². The van der Waals surface area contributed by atoms with Crippen molar-refractivity contribution in [1.29, 1.82) is 0 Å². The molecule has 0 saturated carbocycles. The molecule has 6 heteroatoms. The van der Waals surface area contributed by atoms with Gasteiger partial charge in [-0.3, -0.25) is 13.8 Å². The summed E-state index contributed by atoms with van der Waals surface area (Å²) in [5.41, 5.74) is 5.13. The lowest BCUT2D eigenvalue weighted by Gasteiger charge is -2.36. The largest absolute Gasteiger partial charge is 0.272 e. The van der Waals surface area contributed by atoms with Gasteiger partial charge in [0.15, 0.2) is 5.16 Å². The van der Waals surface area contributed by atoms with Crippen molar-refractivity contribution in [3.8, 4) is 11.3 Å². The third-order valence-electron chi connectivity index (χ3n) is 6.47. The fourth-order valence-electron chi connectivity index (χ4n) is 4.72. The van der Waals surface area contributed by atoms with Crippen molar-refractivity contribution in [2.45, 2.75) is 50.7 Å². The number of fused-ring (bicyclic) bond motifs is 5. The van der Waals surface area contributed by atoms with Crippen molar-refractivity contribution in [3.63, 3.8) is 0 Å². The van der Waals surface area contributed by atoms with Crippen LogP contribution in [-0.2, 0) is 18.4 Å². The summed E-state index contributed by atoms with van der Waals surface area (Å²) in [5.74, 6) is 1.50. The highest BCUT2D eigenvalue weighted by Crippen LogP contribution is 2.44. The van der Waals surface area contributed by atoms with E-state index in [1.54, 1.807) is 11.8 Å². The highest BCUT2D eigenvalue weighted by atomic mass is 32.2. The number of rotatable bonds is 5. The summed E-state index contributed by atoms with van der Waals surface area (Å²) in [6, 6.07) is 18.6. The molecular weight excluding hydrogens is 404 g/mol. The lowest BCUT2D eigenvalue weighted by atomic mass is 9.69. The Morgan fingerprint density at radius 3 is 2.52 bits per heavy atom. The second-order valence-corrected chi connectivity index (χ2v) is 9.63. The molecule has 158 valence electrons. The van der Waals surface area contributed by atoms with E-state index in [0.29, 0.717) is 12.3 Å². The number of benzene rings is 2. The van der Waals surface area contributed by atoms with E-state index in [4.69, 9.17) is 0 Å². The molecule has 5 nitrogen and oxygen atoms in total. The van der Waals surface area contributed by atoms with E-state index in [1.165, 1.54) is 5.56 Å². The average Bonchev–Trinajstić information content (AvgIpc) is 3.20. The number of hydrogen-bond donors (Lipinski definition) is 0. The highest BCUT2D eigenvalue weighted by molar-refractivity contribution is 7.99. The van der Waals surface area contributed by atoms with Gasteiger partial charge in [-0.05, 0) is 29.7 Å². The summed E-state index contributed by atoms with van der Waals surface area (Å²) in [6.07, 6.45) is 1.75. The Kier molecular flexibility index (Phi) is 4.97. The fraction of sp³-hybridized carbons (Fsp3) is 0.320. The first-order valence-electron chi connectivity index (χ1n) is 10.8. The van der Waals surface area contributed by atoms with Crippen LogP contribution in [0.3, 0.4) is 0 Å². The predicted octanol–water partition coefficient (Wildman–Crippen LogP) is 4.94. The van der Waals surface area contributed by atoms with Crippen molar-refractivity contribution >= 4 is 17.5 Å². The average molecular weight is 431 g/mol. The van der Waals surface area contributed by atoms with Gasteiger partial charge in [-0.15, -0.1) is 10.2 Å². The number of aromatic nitrogens is 4. The molecule has 1 atom stereocenters. The van der Waals surface area contributed by atoms with Crippen LogP contribution < -0.4 is 5.56 Å². The van der Waals surface area contributed by atoms with Gasteiger partial charge in [0.1, 0.15) is 0 Å². The van der Waals surface area contributed by atoms with Crippen LogP contribution in [0.25, 0.3) is 17.0 Å². The second kappa shape index (κ2) is 7.68. The Labute approximate surface area is 186 Å². The molecule has 2 aromatic heterocycles. The van der Waals surface area contributed by atoms with Crippen molar-refractivity contribution in [2.24, 2.45) is 0 Å². The molecule has 5 rings (SSSR count). The lowest BCUT2D eigenvalue weighted by Crippen LogP contribution is -2.40. The molecule has 1 aliphatic carbocycles. The molecule has 0 radical (unpaired) electrons. The van der Waals surface area contributed by atoms with Gasteiger partial charge >= 0.3 is 0 Å². The van der Waals surface area contributed by atoms with E-state index in [0.717, 1.165) is 46.1 Å². The minimum atomic E-state index is -0.244. The van der Waals surface area contributed by atoms with Gasteiger partial charge in [0, 0.05) is 16.5 Å². The Morgan fingerprint density at radius 1 is 1.03 bits per heavy atom. The molecule has 2 heterocycles. The molecule has 0 unspecified atom stereocenters. The zero-order valence-corrected chi connectivity index (χ0v) is 18.9. The molecule has 1 aliphatic rings. The molecule has 0 N–H and O–H groups in total. The normalized spacial score (nSPS) is 17.5. The first-order chi connectivity index (χ1) is 15.1. The molecule has 0 bridgehead atoms. The summed E-state index contributed by atoms with van der Waals surface area (Å²) in [4.78, 5) is 14.1. The van der Waals surface area contributed by atoms with Crippen LogP contribution in [0, 0.1) is 0 Å². The molecule has 0 fully saturated rings. The third kappa shape index (κ3) is 3.12. The summed E-state index contributed by atoms with van der Waals surface area (Å²) in [5, 5.41) is 9.84. The minimum Gasteiger partial charge on any atom is -0.272 e. The van der Waals surface area contributed by atoms with Gasteiger partial charge in [-0.25, -0.2) is 0 Å². The zero-order chi connectivity index (χ0) is 21.6. The number of nitrogens with zero attached hydrogens (tertiary/aromatic N) is 4. The summed E-state index contributed by atoms with van der Waals surface area (Å²) in [7, 11) is 0. The minimum absolute atomic E-state index is 0.0469. The van der Waals surface area contributed by atoms with Crippen LogP contribution in [0.15, 0.2) is 64.5 Å². The smallest absolute Gasteiger partial charge is 0.259 e. The van der Waals surface area contributed by atoms with E-state index in [1.807, 2.05) is 22.8 Å². The molecule has 0 amide bonds. The van der Waals surface area contributed by atoms with Crippen LogP contribution in [0.2, 0.25) is 0 Å².